The summed E-state index contributed by atoms with van der Waals surface area (Å²) in [5.41, 5.74) is 8.34. The van der Waals surface area contributed by atoms with E-state index < -0.39 is 6.10 Å². The molecule has 1 aliphatic carbocycles. The second-order valence-electron chi connectivity index (χ2n) is 5.29. The number of thiophene rings is 1. The molecule has 2 atom stereocenters. The first-order chi connectivity index (χ1) is 9.69. The molecule has 0 fully saturated rings. The fourth-order valence-electron chi connectivity index (χ4n) is 2.85. The Kier molecular flexibility index (Phi) is 4.13. The van der Waals surface area contributed by atoms with E-state index in [1.165, 1.54) is 16.9 Å². The van der Waals surface area contributed by atoms with E-state index >= 15 is 0 Å². The van der Waals surface area contributed by atoms with Gasteiger partial charge in [-0.2, -0.15) is 0 Å². The number of fused-ring (bicyclic) bond motifs is 1. The van der Waals surface area contributed by atoms with Gasteiger partial charge in [-0.05, 0) is 48.6 Å². The normalized spacial score (nSPS) is 16.9. The average Bonchev–Trinajstić information content (AvgIpc) is 3.02. The van der Waals surface area contributed by atoms with E-state index in [-0.39, 0.29) is 5.92 Å². The summed E-state index contributed by atoms with van der Waals surface area (Å²) in [5.74, 6) is -0.0777. The van der Waals surface area contributed by atoms with E-state index in [1.54, 1.807) is 11.3 Å². The van der Waals surface area contributed by atoms with Crippen LogP contribution in [0.15, 0.2) is 30.3 Å². The highest BCUT2D eigenvalue weighted by molar-refractivity contribution is 7.12. The van der Waals surface area contributed by atoms with Crippen LogP contribution in [-0.4, -0.2) is 11.7 Å². The summed E-state index contributed by atoms with van der Waals surface area (Å²) in [4.78, 5) is 2.48. The third-order valence-corrected chi connectivity index (χ3v) is 5.55. The van der Waals surface area contributed by atoms with Crippen molar-refractivity contribution in [3.63, 3.8) is 0 Å². The molecule has 0 radical (unpaired) electrons. The number of rotatable bonds is 4. The molecule has 2 unspecified atom stereocenters. The zero-order chi connectivity index (χ0) is 14.1. The van der Waals surface area contributed by atoms with Gasteiger partial charge >= 0.3 is 0 Å². The number of nitrogens with two attached hydrogens (primary N) is 1. The lowest BCUT2D eigenvalue weighted by Gasteiger charge is -2.21. The molecule has 1 aliphatic rings. The lowest BCUT2D eigenvalue weighted by molar-refractivity contribution is 0.151. The van der Waals surface area contributed by atoms with Gasteiger partial charge in [0.05, 0.1) is 6.10 Å². The SMILES string of the molecule is NCC(c1ccc(Cl)cc1)C(O)c1cc2c(s1)CCC2. The molecule has 0 amide bonds. The summed E-state index contributed by atoms with van der Waals surface area (Å²) in [6.45, 7) is 0.422. The molecule has 1 heterocycles. The van der Waals surface area contributed by atoms with E-state index in [4.69, 9.17) is 17.3 Å². The van der Waals surface area contributed by atoms with Crippen LogP contribution in [0.4, 0.5) is 0 Å². The zero-order valence-electron chi connectivity index (χ0n) is 11.2. The summed E-state index contributed by atoms with van der Waals surface area (Å²) in [6.07, 6.45) is 3.01. The van der Waals surface area contributed by atoms with E-state index in [0.29, 0.717) is 11.6 Å². The number of aliphatic hydroxyl groups is 1. The topological polar surface area (TPSA) is 46.2 Å². The monoisotopic (exact) mass is 307 g/mol. The van der Waals surface area contributed by atoms with Gasteiger partial charge in [-0.1, -0.05) is 23.7 Å². The number of hydrogen-bond acceptors (Lipinski definition) is 3. The molecule has 0 aliphatic heterocycles. The largest absolute Gasteiger partial charge is 0.387 e. The molecule has 0 saturated carbocycles. The molecule has 2 nitrogen and oxygen atoms in total. The van der Waals surface area contributed by atoms with Gasteiger partial charge in [0, 0.05) is 27.2 Å². The van der Waals surface area contributed by atoms with Crippen molar-refractivity contribution in [1.29, 1.82) is 0 Å². The van der Waals surface area contributed by atoms with Gasteiger partial charge in [0.2, 0.25) is 0 Å². The Morgan fingerprint density at radius 3 is 2.65 bits per heavy atom. The fourth-order valence-corrected chi connectivity index (χ4v) is 4.29. The average molecular weight is 308 g/mol. The number of halogens is 1. The Labute approximate surface area is 128 Å². The maximum atomic E-state index is 10.7. The third-order valence-electron chi connectivity index (χ3n) is 3.99. The molecular weight excluding hydrogens is 290 g/mol. The van der Waals surface area contributed by atoms with Crippen LogP contribution >= 0.6 is 22.9 Å². The van der Waals surface area contributed by atoms with Crippen LogP contribution in [0.3, 0.4) is 0 Å². The minimum absolute atomic E-state index is 0.0777. The van der Waals surface area contributed by atoms with Gasteiger partial charge in [-0.3, -0.25) is 0 Å². The quantitative estimate of drug-likeness (QED) is 0.905. The van der Waals surface area contributed by atoms with Crippen LogP contribution in [0.25, 0.3) is 0 Å². The van der Waals surface area contributed by atoms with E-state index in [2.05, 4.69) is 6.07 Å². The van der Waals surface area contributed by atoms with Crippen LogP contribution in [0.1, 0.15) is 39.3 Å². The Bertz CT molecular complexity index is 572. The molecule has 20 heavy (non-hydrogen) atoms. The lowest BCUT2D eigenvalue weighted by atomic mass is 9.92. The van der Waals surface area contributed by atoms with E-state index in [9.17, 15) is 5.11 Å². The Hall–Kier alpha value is -0.870. The van der Waals surface area contributed by atoms with Gasteiger partial charge in [0.1, 0.15) is 0 Å². The first kappa shape index (κ1) is 14.1. The smallest absolute Gasteiger partial charge is 0.0962 e. The van der Waals surface area contributed by atoms with Crippen molar-refractivity contribution in [2.75, 3.05) is 6.54 Å². The molecule has 3 N–H and O–H groups in total. The highest BCUT2D eigenvalue weighted by Gasteiger charge is 2.25. The first-order valence-electron chi connectivity index (χ1n) is 6.94. The molecule has 3 rings (SSSR count). The zero-order valence-corrected chi connectivity index (χ0v) is 12.8. The maximum Gasteiger partial charge on any atom is 0.0962 e. The van der Waals surface area contributed by atoms with Crippen LogP contribution in [0.5, 0.6) is 0 Å². The second-order valence-corrected chi connectivity index (χ2v) is 6.89. The lowest BCUT2D eigenvalue weighted by Crippen LogP contribution is -2.19. The van der Waals surface area contributed by atoms with Gasteiger partial charge in [-0.15, -0.1) is 11.3 Å². The predicted molar refractivity (Wildman–Crippen MR) is 84.6 cm³/mol. The van der Waals surface area contributed by atoms with Crippen molar-refractivity contribution in [2.45, 2.75) is 31.3 Å². The van der Waals surface area contributed by atoms with Crippen molar-refractivity contribution in [2.24, 2.45) is 5.73 Å². The maximum absolute atomic E-state index is 10.7. The minimum atomic E-state index is -0.531. The summed E-state index contributed by atoms with van der Waals surface area (Å²) in [5, 5.41) is 11.4. The van der Waals surface area contributed by atoms with Crippen molar-refractivity contribution in [3.05, 3.63) is 56.2 Å². The molecule has 2 aromatic rings. The Balaban J connectivity index is 1.86. The predicted octanol–water partition coefficient (Wildman–Crippen LogP) is 3.67. The Morgan fingerprint density at radius 2 is 2.00 bits per heavy atom. The third kappa shape index (κ3) is 2.63. The highest BCUT2D eigenvalue weighted by atomic mass is 35.5. The number of hydrogen-bond donors (Lipinski definition) is 2. The van der Waals surface area contributed by atoms with Crippen molar-refractivity contribution in [1.82, 2.24) is 0 Å². The first-order valence-corrected chi connectivity index (χ1v) is 8.13. The van der Waals surface area contributed by atoms with Crippen molar-refractivity contribution >= 4 is 22.9 Å². The van der Waals surface area contributed by atoms with Gasteiger partial charge in [0.15, 0.2) is 0 Å². The van der Waals surface area contributed by atoms with E-state index in [1.807, 2.05) is 24.3 Å². The second kappa shape index (κ2) is 5.86. The summed E-state index contributed by atoms with van der Waals surface area (Å²) < 4.78 is 0. The molecule has 106 valence electrons. The van der Waals surface area contributed by atoms with Crippen LogP contribution in [0, 0.1) is 0 Å². The van der Waals surface area contributed by atoms with Gasteiger partial charge in [0.25, 0.3) is 0 Å². The van der Waals surface area contributed by atoms with Gasteiger partial charge in [-0.25, -0.2) is 0 Å². The standard InChI is InChI=1S/C16H18ClNOS/c17-12-6-4-10(5-7-12)13(9-18)16(19)15-8-11-2-1-3-14(11)20-15/h4-8,13,16,19H,1-3,9,18H2. The number of aliphatic hydroxyl groups excluding tert-OH is 1. The fraction of sp³-hybridized carbons (Fsp3) is 0.375. The van der Waals surface area contributed by atoms with Gasteiger partial charge < -0.3 is 10.8 Å². The number of aryl methyl sites for hydroxylation is 2. The van der Waals surface area contributed by atoms with Crippen molar-refractivity contribution < 1.29 is 5.11 Å². The molecule has 0 bridgehead atoms. The highest BCUT2D eigenvalue weighted by Crippen LogP contribution is 2.39. The Morgan fingerprint density at radius 1 is 1.25 bits per heavy atom. The molecular formula is C16H18ClNOS. The summed E-state index contributed by atoms with van der Waals surface area (Å²) in [6, 6.07) is 9.76. The van der Waals surface area contributed by atoms with E-state index in [0.717, 1.165) is 23.3 Å². The minimum Gasteiger partial charge on any atom is -0.387 e. The van der Waals surface area contributed by atoms with Crippen LogP contribution < -0.4 is 5.73 Å². The molecule has 0 saturated heterocycles. The summed E-state index contributed by atoms with van der Waals surface area (Å²) >= 11 is 7.65. The van der Waals surface area contributed by atoms with Crippen LogP contribution in [-0.2, 0) is 12.8 Å². The molecule has 1 aromatic carbocycles. The summed E-state index contributed by atoms with van der Waals surface area (Å²) in [7, 11) is 0. The molecule has 4 heteroatoms. The number of benzene rings is 1. The molecule has 0 spiro atoms. The van der Waals surface area contributed by atoms with Crippen LogP contribution in [0.2, 0.25) is 5.02 Å². The molecule has 1 aromatic heterocycles. The van der Waals surface area contributed by atoms with Crippen molar-refractivity contribution in [3.8, 4) is 0 Å².